The number of nitrogens with zero attached hydrogens (tertiary/aromatic N) is 1. The Bertz CT molecular complexity index is 456. The second kappa shape index (κ2) is 5.95. The molecule has 0 saturated heterocycles. The number of nitrogens with one attached hydrogen (secondary N) is 1. The Kier molecular flexibility index (Phi) is 4.84. The van der Waals surface area contributed by atoms with Gasteiger partial charge in [-0.1, -0.05) is 20.3 Å². The lowest BCUT2D eigenvalue weighted by atomic mass is 9.98. The standard InChI is InChI=1S/C12H19N3O2S/c1-5-6(2)9(11(13)16)15-12(17)10-7(3)14-8(4)18-10/h6,9H,5H2,1-4H3,(H2,13,16)(H,15,17). The summed E-state index contributed by atoms with van der Waals surface area (Å²) in [7, 11) is 0. The Labute approximate surface area is 111 Å². The van der Waals surface area contributed by atoms with Gasteiger partial charge < -0.3 is 11.1 Å². The third-order valence-corrected chi connectivity index (χ3v) is 3.99. The fourth-order valence-electron chi connectivity index (χ4n) is 1.68. The number of primary amides is 1. The van der Waals surface area contributed by atoms with Crippen LogP contribution in [0.1, 0.15) is 40.6 Å². The van der Waals surface area contributed by atoms with Crippen LogP contribution in [0.25, 0.3) is 0 Å². The Morgan fingerprint density at radius 2 is 2.06 bits per heavy atom. The molecule has 5 nitrogen and oxygen atoms in total. The van der Waals surface area contributed by atoms with Gasteiger partial charge in [0.25, 0.3) is 5.91 Å². The SMILES string of the molecule is CCC(C)C(NC(=O)c1sc(C)nc1C)C(N)=O. The molecular weight excluding hydrogens is 250 g/mol. The Hall–Kier alpha value is -1.43. The molecular formula is C12H19N3O2S. The maximum atomic E-state index is 12.1. The van der Waals surface area contributed by atoms with Crippen LogP contribution in [0.2, 0.25) is 0 Å². The van der Waals surface area contributed by atoms with Gasteiger partial charge >= 0.3 is 0 Å². The van der Waals surface area contributed by atoms with Gasteiger partial charge in [0.15, 0.2) is 0 Å². The van der Waals surface area contributed by atoms with E-state index < -0.39 is 11.9 Å². The summed E-state index contributed by atoms with van der Waals surface area (Å²) in [5.41, 5.74) is 6.00. The van der Waals surface area contributed by atoms with Gasteiger partial charge in [0.05, 0.1) is 10.7 Å². The predicted octanol–water partition coefficient (Wildman–Crippen LogP) is 1.39. The Balaban J connectivity index is 2.85. The monoisotopic (exact) mass is 269 g/mol. The number of carbonyl (C=O) groups is 2. The Morgan fingerprint density at radius 3 is 2.44 bits per heavy atom. The molecule has 2 atom stereocenters. The average Bonchev–Trinajstić information content (AvgIpc) is 2.63. The van der Waals surface area contributed by atoms with Gasteiger partial charge in [0, 0.05) is 0 Å². The number of hydrogen-bond acceptors (Lipinski definition) is 4. The number of hydrogen-bond donors (Lipinski definition) is 2. The van der Waals surface area contributed by atoms with E-state index in [9.17, 15) is 9.59 Å². The first-order chi connectivity index (χ1) is 8.36. The van der Waals surface area contributed by atoms with E-state index in [0.29, 0.717) is 10.6 Å². The lowest BCUT2D eigenvalue weighted by Crippen LogP contribution is -2.48. The third kappa shape index (κ3) is 3.29. The fourth-order valence-corrected chi connectivity index (χ4v) is 2.50. The van der Waals surface area contributed by atoms with Crippen LogP contribution in [-0.4, -0.2) is 22.8 Å². The molecule has 0 aliphatic carbocycles. The van der Waals surface area contributed by atoms with Crippen molar-refractivity contribution in [2.45, 2.75) is 40.2 Å². The first-order valence-electron chi connectivity index (χ1n) is 5.91. The Morgan fingerprint density at radius 1 is 1.44 bits per heavy atom. The molecule has 0 radical (unpaired) electrons. The normalized spacial score (nSPS) is 14.0. The van der Waals surface area contributed by atoms with Gasteiger partial charge in [-0.15, -0.1) is 11.3 Å². The highest BCUT2D eigenvalue weighted by Gasteiger charge is 2.25. The number of aryl methyl sites for hydroxylation is 2. The van der Waals surface area contributed by atoms with Gasteiger partial charge in [-0.3, -0.25) is 9.59 Å². The molecule has 0 bridgehead atoms. The molecule has 3 N–H and O–H groups in total. The van der Waals surface area contributed by atoms with E-state index in [1.165, 1.54) is 11.3 Å². The zero-order valence-electron chi connectivity index (χ0n) is 11.1. The van der Waals surface area contributed by atoms with E-state index in [2.05, 4.69) is 10.3 Å². The average molecular weight is 269 g/mol. The van der Waals surface area contributed by atoms with E-state index in [0.717, 1.165) is 11.4 Å². The molecule has 1 aromatic rings. The van der Waals surface area contributed by atoms with Gasteiger partial charge in [-0.2, -0.15) is 0 Å². The van der Waals surface area contributed by atoms with E-state index in [1.807, 2.05) is 20.8 Å². The highest BCUT2D eigenvalue weighted by molar-refractivity contribution is 7.13. The fraction of sp³-hybridized carbons (Fsp3) is 0.583. The van der Waals surface area contributed by atoms with Crippen molar-refractivity contribution in [1.82, 2.24) is 10.3 Å². The molecule has 0 spiro atoms. The molecule has 0 saturated carbocycles. The summed E-state index contributed by atoms with van der Waals surface area (Å²) in [4.78, 5) is 28.2. The molecule has 0 aromatic carbocycles. The molecule has 1 rings (SSSR count). The summed E-state index contributed by atoms with van der Waals surface area (Å²) >= 11 is 1.32. The van der Waals surface area contributed by atoms with Crippen molar-refractivity contribution in [3.8, 4) is 0 Å². The zero-order valence-corrected chi connectivity index (χ0v) is 11.9. The molecule has 6 heteroatoms. The van der Waals surface area contributed by atoms with E-state index in [4.69, 9.17) is 5.73 Å². The van der Waals surface area contributed by atoms with Crippen LogP contribution in [0.3, 0.4) is 0 Å². The maximum absolute atomic E-state index is 12.1. The van der Waals surface area contributed by atoms with Crippen LogP contribution in [0.15, 0.2) is 0 Å². The summed E-state index contributed by atoms with van der Waals surface area (Å²) in [5, 5.41) is 3.52. The van der Waals surface area contributed by atoms with Gasteiger partial charge in [-0.25, -0.2) is 4.98 Å². The molecule has 0 aliphatic rings. The number of aromatic nitrogens is 1. The van der Waals surface area contributed by atoms with E-state index >= 15 is 0 Å². The lowest BCUT2D eigenvalue weighted by molar-refractivity contribution is -0.120. The molecule has 18 heavy (non-hydrogen) atoms. The largest absolute Gasteiger partial charge is 0.368 e. The van der Waals surface area contributed by atoms with Gasteiger partial charge in [-0.05, 0) is 19.8 Å². The number of thiazole rings is 1. The highest BCUT2D eigenvalue weighted by atomic mass is 32.1. The van der Waals surface area contributed by atoms with Crippen molar-refractivity contribution in [3.05, 3.63) is 15.6 Å². The van der Waals surface area contributed by atoms with Crippen molar-refractivity contribution in [2.24, 2.45) is 11.7 Å². The summed E-state index contributed by atoms with van der Waals surface area (Å²) < 4.78 is 0. The minimum Gasteiger partial charge on any atom is -0.368 e. The van der Waals surface area contributed by atoms with E-state index in [1.54, 1.807) is 6.92 Å². The minimum absolute atomic E-state index is 0.0146. The van der Waals surface area contributed by atoms with Crippen LogP contribution >= 0.6 is 11.3 Å². The lowest BCUT2D eigenvalue weighted by Gasteiger charge is -2.20. The maximum Gasteiger partial charge on any atom is 0.263 e. The first-order valence-corrected chi connectivity index (χ1v) is 6.72. The van der Waals surface area contributed by atoms with Crippen LogP contribution < -0.4 is 11.1 Å². The predicted molar refractivity (Wildman–Crippen MR) is 71.5 cm³/mol. The first kappa shape index (κ1) is 14.6. The number of amides is 2. The summed E-state index contributed by atoms with van der Waals surface area (Å²) in [5.74, 6) is -0.764. The van der Waals surface area contributed by atoms with Crippen molar-refractivity contribution in [3.63, 3.8) is 0 Å². The molecule has 2 amide bonds. The number of rotatable bonds is 5. The second-order valence-corrected chi connectivity index (χ2v) is 5.59. The van der Waals surface area contributed by atoms with Crippen molar-refractivity contribution >= 4 is 23.2 Å². The molecule has 0 aliphatic heterocycles. The van der Waals surface area contributed by atoms with Gasteiger partial charge in [0.2, 0.25) is 5.91 Å². The number of nitrogens with two attached hydrogens (primary N) is 1. The van der Waals surface area contributed by atoms with E-state index in [-0.39, 0.29) is 11.8 Å². The summed E-state index contributed by atoms with van der Waals surface area (Å²) in [6, 6.07) is -0.635. The van der Waals surface area contributed by atoms with Crippen LogP contribution in [0, 0.1) is 19.8 Å². The second-order valence-electron chi connectivity index (χ2n) is 4.39. The molecule has 2 unspecified atom stereocenters. The summed E-state index contributed by atoms with van der Waals surface area (Å²) in [6.45, 7) is 7.46. The molecule has 1 heterocycles. The van der Waals surface area contributed by atoms with Crippen molar-refractivity contribution < 1.29 is 9.59 Å². The van der Waals surface area contributed by atoms with Crippen molar-refractivity contribution in [1.29, 1.82) is 0 Å². The number of carbonyl (C=O) groups excluding carboxylic acids is 2. The third-order valence-electron chi connectivity index (χ3n) is 2.92. The van der Waals surface area contributed by atoms with Crippen molar-refractivity contribution in [2.75, 3.05) is 0 Å². The van der Waals surface area contributed by atoms with Crippen LogP contribution in [0.5, 0.6) is 0 Å². The summed E-state index contributed by atoms with van der Waals surface area (Å²) in [6.07, 6.45) is 0.772. The van der Waals surface area contributed by atoms with Crippen LogP contribution in [-0.2, 0) is 4.79 Å². The zero-order chi connectivity index (χ0) is 13.9. The minimum atomic E-state index is -0.635. The molecule has 1 aromatic heterocycles. The van der Waals surface area contributed by atoms with Gasteiger partial charge in [0.1, 0.15) is 10.9 Å². The molecule has 0 fully saturated rings. The van der Waals surface area contributed by atoms with Crippen LogP contribution in [0.4, 0.5) is 0 Å². The quantitative estimate of drug-likeness (QED) is 0.847. The topological polar surface area (TPSA) is 85.1 Å². The smallest absolute Gasteiger partial charge is 0.263 e. The highest BCUT2D eigenvalue weighted by Crippen LogP contribution is 2.18. The molecule has 100 valence electrons.